The van der Waals surface area contributed by atoms with E-state index < -0.39 is 24.5 Å². The molecule has 0 heterocycles. The molecule has 0 bridgehead atoms. The molecule has 3 amide bonds. The van der Waals surface area contributed by atoms with Crippen LogP contribution in [0, 0.1) is 0 Å². The fraction of sp³-hybridized carbons (Fsp3) is 0.526. The summed E-state index contributed by atoms with van der Waals surface area (Å²) in [6.07, 6.45) is 3.78. The molecule has 0 atom stereocenters. The van der Waals surface area contributed by atoms with Gasteiger partial charge in [-0.05, 0) is 38.8 Å². The zero-order valence-corrected chi connectivity index (χ0v) is 16.9. The van der Waals surface area contributed by atoms with E-state index >= 15 is 0 Å². The summed E-state index contributed by atoms with van der Waals surface area (Å²) in [7, 11) is 1.42. The van der Waals surface area contributed by atoms with Crippen molar-refractivity contribution in [2.24, 2.45) is 0 Å². The SMILES string of the molecule is COc1cc(C(=O)OCC(=O)NC(=O)NC2CCCC2)cc(Cl)c1OC(C)C. The van der Waals surface area contributed by atoms with E-state index in [0.717, 1.165) is 25.7 Å². The molecule has 9 heteroatoms. The van der Waals surface area contributed by atoms with E-state index in [9.17, 15) is 14.4 Å². The summed E-state index contributed by atoms with van der Waals surface area (Å²) < 4.78 is 15.7. The van der Waals surface area contributed by atoms with E-state index in [4.69, 9.17) is 25.8 Å². The molecule has 2 N–H and O–H groups in total. The van der Waals surface area contributed by atoms with Crippen molar-refractivity contribution in [3.05, 3.63) is 22.7 Å². The van der Waals surface area contributed by atoms with Gasteiger partial charge in [0.25, 0.3) is 5.91 Å². The number of carbonyl (C=O) groups excluding carboxylic acids is 3. The number of hydrogen-bond donors (Lipinski definition) is 2. The highest BCUT2D eigenvalue weighted by Gasteiger charge is 2.20. The van der Waals surface area contributed by atoms with Crippen LogP contribution in [0.5, 0.6) is 11.5 Å². The number of rotatable bonds is 7. The van der Waals surface area contributed by atoms with Crippen LogP contribution in [0.2, 0.25) is 5.02 Å². The van der Waals surface area contributed by atoms with E-state index in [1.165, 1.54) is 19.2 Å². The van der Waals surface area contributed by atoms with Crippen molar-refractivity contribution in [2.75, 3.05) is 13.7 Å². The number of benzene rings is 1. The van der Waals surface area contributed by atoms with Gasteiger partial charge < -0.3 is 19.5 Å². The Bertz CT molecular complexity index is 731. The number of amides is 3. The Hall–Kier alpha value is -2.48. The van der Waals surface area contributed by atoms with Crippen LogP contribution in [0.1, 0.15) is 49.9 Å². The smallest absolute Gasteiger partial charge is 0.338 e. The number of hydrogen-bond acceptors (Lipinski definition) is 6. The molecule has 1 fully saturated rings. The van der Waals surface area contributed by atoms with Crippen LogP contribution >= 0.6 is 11.6 Å². The van der Waals surface area contributed by atoms with Gasteiger partial charge in [0, 0.05) is 6.04 Å². The molecule has 0 spiro atoms. The minimum Gasteiger partial charge on any atom is -0.493 e. The van der Waals surface area contributed by atoms with E-state index in [1.54, 1.807) is 0 Å². The van der Waals surface area contributed by atoms with Gasteiger partial charge >= 0.3 is 12.0 Å². The largest absolute Gasteiger partial charge is 0.493 e. The monoisotopic (exact) mass is 412 g/mol. The van der Waals surface area contributed by atoms with Gasteiger partial charge in [0.05, 0.1) is 23.8 Å². The average molecular weight is 413 g/mol. The second-order valence-electron chi connectivity index (χ2n) is 6.74. The van der Waals surface area contributed by atoms with Crippen molar-refractivity contribution >= 4 is 29.5 Å². The van der Waals surface area contributed by atoms with Crippen LogP contribution in [0.25, 0.3) is 0 Å². The summed E-state index contributed by atoms with van der Waals surface area (Å²) in [5.41, 5.74) is 0.0983. The van der Waals surface area contributed by atoms with Gasteiger partial charge in [0.2, 0.25) is 0 Å². The number of nitrogens with one attached hydrogen (secondary N) is 2. The Morgan fingerprint density at radius 1 is 1.21 bits per heavy atom. The predicted octanol–water partition coefficient (Wildman–Crippen LogP) is 3.06. The van der Waals surface area contributed by atoms with Crippen molar-refractivity contribution in [3.8, 4) is 11.5 Å². The molecular weight excluding hydrogens is 388 g/mol. The number of urea groups is 1. The molecule has 28 heavy (non-hydrogen) atoms. The zero-order chi connectivity index (χ0) is 20.7. The van der Waals surface area contributed by atoms with E-state index in [0.29, 0.717) is 5.75 Å². The Balaban J connectivity index is 1.90. The lowest BCUT2D eigenvalue weighted by molar-refractivity contribution is -0.123. The summed E-state index contributed by atoms with van der Waals surface area (Å²) in [6, 6.07) is 2.27. The van der Waals surface area contributed by atoms with Crippen LogP contribution in [0.3, 0.4) is 0 Å². The predicted molar refractivity (Wildman–Crippen MR) is 103 cm³/mol. The fourth-order valence-electron chi connectivity index (χ4n) is 2.86. The molecule has 1 saturated carbocycles. The van der Waals surface area contributed by atoms with Crippen LogP contribution in [0.4, 0.5) is 4.79 Å². The van der Waals surface area contributed by atoms with Crippen molar-refractivity contribution < 1.29 is 28.6 Å². The highest BCUT2D eigenvalue weighted by molar-refractivity contribution is 6.32. The maximum Gasteiger partial charge on any atom is 0.338 e. The Labute approximate surface area is 168 Å². The molecule has 2 rings (SSSR count). The van der Waals surface area contributed by atoms with Crippen molar-refractivity contribution in [2.45, 2.75) is 51.7 Å². The third-order valence-electron chi connectivity index (χ3n) is 4.10. The quantitative estimate of drug-likeness (QED) is 0.667. The van der Waals surface area contributed by atoms with Gasteiger partial charge in [-0.15, -0.1) is 0 Å². The van der Waals surface area contributed by atoms with Crippen LogP contribution in [-0.4, -0.2) is 43.8 Å². The third-order valence-corrected chi connectivity index (χ3v) is 4.38. The minimum absolute atomic E-state index is 0.0801. The molecule has 0 unspecified atom stereocenters. The molecule has 1 aliphatic rings. The topological polar surface area (TPSA) is 103 Å². The minimum atomic E-state index is -0.775. The number of methoxy groups -OCH3 is 1. The van der Waals surface area contributed by atoms with Crippen molar-refractivity contribution in [3.63, 3.8) is 0 Å². The summed E-state index contributed by atoms with van der Waals surface area (Å²) in [4.78, 5) is 35.8. The summed E-state index contributed by atoms with van der Waals surface area (Å²) in [5.74, 6) is -0.907. The Kier molecular flexibility index (Phi) is 7.92. The third kappa shape index (κ3) is 6.30. The molecule has 0 aromatic heterocycles. The number of carbonyl (C=O) groups is 3. The first-order chi connectivity index (χ1) is 13.3. The second-order valence-corrected chi connectivity index (χ2v) is 7.14. The Morgan fingerprint density at radius 3 is 2.50 bits per heavy atom. The standard InChI is InChI=1S/C19H25ClN2O6/c1-11(2)28-17-14(20)8-12(9-15(17)26-3)18(24)27-10-16(23)22-19(25)21-13-6-4-5-7-13/h8-9,11,13H,4-7,10H2,1-3H3,(H2,21,22,23,25). The van der Waals surface area contributed by atoms with Gasteiger partial charge in [-0.3, -0.25) is 10.1 Å². The first-order valence-electron chi connectivity index (χ1n) is 9.11. The molecule has 1 aromatic carbocycles. The highest BCUT2D eigenvalue weighted by atomic mass is 35.5. The number of imide groups is 1. The second kappa shape index (κ2) is 10.2. The van der Waals surface area contributed by atoms with Crippen molar-refractivity contribution in [1.29, 1.82) is 0 Å². The van der Waals surface area contributed by atoms with E-state index in [-0.39, 0.29) is 28.5 Å². The lowest BCUT2D eigenvalue weighted by Gasteiger charge is -2.16. The number of esters is 1. The Morgan fingerprint density at radius 2 is 1.89 bits per heavy atom. The summed E-state index contributed by atoms with van der Waals surface area (Å²) >= 11 is 6.17. The van der Waals surface area contributed by atoms with Crippen LogP contribution in [0.15, 0.2) is 12.1 Å². The van der Waals surface area contributed by atoms with Crippen LogP contribution in [-0.2, 0) is 9.53 Å². The maximum atomic E-state index is 12.2. The van der Waals surface area contributed by atoms with Crippen molar-refractivity contribution in [1.82, 2.24) is 10.6 Å². The van der Waals surface area contributed by atoms with Gasteiger partial charge in [-0.1, -0.05) is 24.4 Å². The lowest BCUT2D eigenvalue weighted by Crippen LogP contribution is -2.44. The van der Waals surface area contributed by atoms with E-state index in [1.807, 2.05) is 13.8 Å². The van der Waals surface area contributed by atoms with Gasteiger partial charge in [-0.2, -0.15) is 0 Å². The zero-order valence-electron chi connectivity index (χ0n) is 16.2. The molecular formula is C19H25ClN2O6. The maximum absolute atomic E-state index is 12.2. The first-order valence-corrected chi connectivity index (χ1v) is 9.49. The van der Waals surface area contributed by atoms with E-state index in [2.05, 4.69) is 10.6 Å². The fourth-order valence-corrected chi connectivity index (χ4v) is 3.11. The molecule has 154 valence electrons. The molecule has 0 radical (unpaired) electrons. The highest BCUT2D eigenvalue weighted by Crippen LogP contribution is 2.37. The normalized spacial score (nSPS) is 13.9. The molecule has 8 nitrogen and oxygen atoms in total. The van der Waals surface area contributed by atoms with Gasteiger partial charge in [0.15, 0.2) is 18.1 Å². The number of halogens is 1. The molecule has 1 aromatic rings. The molecule has 1 aliphatic carbocycles. The van der Waals surface area contributed by atoms with Crippen LogP contribution < -0.4 is 20.1 Å². The first kappa shape index (κ1) is 21.8. The number of ether oxygens (including phenoxy) is 3. The molecule has 0 aliphatic heterocycles. The van der Waals surface area contributed by atoms with Gasteiger partial charge in [-0.25, -0.2) is 9.59 Å². The summed E-state index contributed by atoms with van der Waals surface area (Å²) in [6.45, 7) is 3.07. The molecule has 0 saturated heterocycles. The average Bonchev–Trinajstić information content (AvgIpc) is 3.13. The lowest BCUT2D eigenvalue weighted by atomic mass is 10.2. The van der Waals surface area contributed by atoms with Gasteiger partial charge in [0.1, 0.15) is 0 Å². The summed E-state index contributed by atoms with van der Waals surface area (Å²) in [5, 5.41) is 5.04.